The van der Waals surface area contributed by atoms with Crippen molar-refractivity contribution in [3.63, 3.8) is 0 Å². The predicted octanol–water partition coefficient (Wildman–Crippen LogP) is 1.58. The third kappa shape index (κ3) is 1.39. The highest BCUT2D eigenvalue weighted by Gasteiger charge is 2.32. The topological polar surface area (TPSA) is 39.1 Å². The molecular weight excluding hydrogens is 178 g/mol. The normalized spacial score (nSPS) is 21.5. The van der Waals surface area contributed by atoms with E-state index >= 15 is 0 Å². The Morgan fingerprint density at radius 3 is 2.86 bits per heavy atom. The lowest BCUT2D eigenvalue weighted by atomic mass is 9.99. The van der Waals surface area contributed by atoms with Gasteiger partial charge in [-0.3, -0.25) is 9.59 Å². The van der Waals surface area contributed by atoms with Crippen LogP contribution in [0, 0.1) is 5.92 Å². The second kappa shape index (κ2) is 3.40. The van der Waals surface area contributed by atoms with Gasteiger partial charge < -0.3 is 4.57 Å². The third-order valence-electron chi connectivity index (χ3n) is 2.82. The Balaban J connectivity index is 2.24. The molecule has 1 aliphatic rings. The molecule has 0 amide bonds. The molecule has 3 nitrogen and oxygen atoms in total. The van der Waals surface area contributed by atoms with Crippen LogP contribution in [0.2, 0.25) is 0 Å². The summed E-state index contributed by atoms with van der Waals surface area (Å²) in [4.78, 5) is 23.3. The maximum atomic E-state index is 11.9. The van der Waals surface area contributed by atoms with E-state index in [0.29, 0.717) is 12.1 Å². The van der Waals surface area contributed by atoms with Crippen LogP contribution in [0.5, 0.6) is 0 Å². The standard InChI is InChI=1S/C11H13NO2/c1-12-7-3-5-9(12)11(14)8-4-2-6-10(8)13/h3,5,7-8H,2,4,6H2,1H3. The molecule has 0 aliphatic heterocycles. The molecule has 14 heavy (non-hydrogen) atoms. The quantitative estimate of drug-likeness (QED) is 0.526. The van der Waals surface area contributed by atoms with Crippen molar-refractivity contribution in [2.24, 2.45) is 13.0 Å². The number of rotatable bonds is 2. The molecule has 1 unspecified atom stereocenters. The molecule has 74 valence electrons. The number of hydrogen-bond acceptors (Lipinski definition) is 2. The Hall–Kier alpha value is -1.38. The van der Waals surface area contributed by atoms with Crippen LogP contribution in [0.1, 0.15) is 29.8 Å². The third-order valence-corrected chi connectivity index (χ3v) is 2.82. The van der Waals surface area contributed by atoms with E-state index in [-0.39, 0.29) is 17.5 Å². The first-order valence-corrected chi connectivity index (χ1v) is 4.88. The zero-order valence-electron chi connectivity index (χ0n) is 8.19. The van der Waals surface area contributed by atoms with Gasteiger partial charge in [0.1, 0.15) is 5.78 Å². The van der Waals surface area contributed by atoms with E-state index in [1.807, 2.05) is 19.3 Å². The average Bonchev–Trinajstić information content (AvgIpc) is 2.73. The van der Waals surface area contributed by atoms with Crippen LogP contribution in [0.4, 0.5) is 0 Å². The van der Waals surface area contributed by atoms with Crippen LogP contribution in [0.3, 0.4) is 0 Å². The number of carbonyl (C=O) groups is 2. The molecular formula is C11H13NO2. The van der Waals surface area contributed by atoms with Crippen LogP contribution >= 0.6 is 0 Å². The van der Waals surface area contributed by atoms with Gasteiger partial charge >= 0.3 is 0 Å². The van der Waals surface area contributed by atoms with Gasteiger partial charge in [-0.25, -0.2) is 0 Å². The fourth-order valence-electron chi connectivity index (χ4n) is 1.99. The van der Waals surface area contributed by atoms with Crippen molar-refractivity contribution in [2.45, 2.75) is 19.3 Å². The summed E-state index contributed by atoms with van der Waals surface area (Å²) in [5, 5.41) is 0. The van der Waals surface area contributed by atoms with E-state index in [0.717, 1.165) is 12.8 Å². The van der Waals surface area contributed by atoms with E-state index < -0.39 is 0 Å². The molecule has 0 saturated heterocycles. The summed E-state index contributed by atoms with van der Waals surface area (Å²) in [5.41, 5.74) is 0.644. The molecule has 1 heterocycles. The number of nitrogens with zero attached hydrogens (tertiary/aromatic N) is 1. The van der Waals surface area contributed by atoms with E-state index in [1.54, 1.807) is 10.6 Å². The summed E-state index contributed by atoms with van der Waals surface area (Å²) in [7, 11) is 1.83. The van der Waals surface area contributed by atoms with Crippen LogP contribution in [-0.2, 0) is 11.8 Å². The molecule has 1 saturated carbocycles. The molecule has 0 N–H and O–H groups in total. The zero-order valence-corrected chi connectivity index (χ0v) is 8.19. The van der Waals surface area contributed by atoms with Crippen LogP contribution in [-0.4, -0.2) is 16.1 Å². The Labute approximate surface area is 82.7 Å². The van der Waals surface area contributed by atoms with Crippen molar-refractivity contribution in [3.8, 4) is 0 Å². The highest BCUT2D eigenvalue weighted by atomic mass is 16.2. The molecule has 1 fully saturated rings. The maximum Gasteiger partial charge on any atom is 0.189 e. The number of hydrogen-bond donors (Lipinski definition) is 0. The lowest BCUT2D eigenvalue weighted by molar-refractivity contribution is -0.119. The van der Waals surface area contributed by atoms with Gasteiger partial charge in [0, 0.05) is 19.7 Å². The minimum absolute atomic E-state index is 0.0139. The molecule has 1 atom stereocenters. The number of Topliss-reactive ketones (excluding diaryl/α,β-unsaturated/α-hetero) is 2. The van der Waals surface area contributed by atoms with Crippen molar-refractivity contribution in [2.75, 3.05) is 0 Å². The fraction of sp³-hybridized carbons (Fsp3) is 0.455. The zero-order chi connectivity index (χ0) is 10.1. The van der Waals surface area contributed by atoms with Gasteiger partial charge in [0.25, 0.3) is 0 Å². The lowest BCUT2D eigenvalue weighted by Gasteiger charge is -2.07. The molecule has 1 aromatic rings. The van der Waals surface area contributed by atoms with Gasteiger partial charge in [-0.15, -0.1) is 0 Å². The number of ketones is 2. The highest BCUT2D eigenvalue weighted by molar-refractivity contribution is 6.10. The SMILES string of the molecule is Cn1cccc1C(=O)C1CCCC1=O. The van der Waals surface area contributed by atoms with E-state index in [9.17, 15) is 9.59 Å². The van der Waals surface area contributed by atoms with Gasteiger partial charge in [0.15, 0.2) is 5.78 Å². The Kier molecular flexibility index (Phi) is 2.23. The van der Waals surface area contributed by atoms with Gasteiger partial charge in [0.2, 0.25) is 0 Å². The molecule has 0 spiro atoms. The first kappa shape index (κ1) is 9.19. The fourth-order valence-corrected chi connectivity index (χ4v) is 1.99. The summed E-state index contributed by atoms with van der Waals surface area (Å²) >= 11 is 0. The van der Waals surface area contributed by atoms with Gasteiger partial charge in [0.05, 0.1) is 11.6 Å². The van der Waals surface area contributed by atoms with Crippen molar-refractivity contribution in [1.82, 2.24) is 4.57 Å². The molecule has 0 aromatic carbocycles. The minimum atomic E-state index is -0.372. The average molecular weight is 191 g/mol. The largest absolute Gasteiger partial charge is 0.348 e. The van der Waals surface area contributed by atoms with Crippen LogP contribution in [0.25, 0.3) is 0 Å². The van der Waals surface area contributed by atoms with Crippen molar-refractivity contribution >= 4 is 11.6 Å². The highest BCUT2D eigenvalue weighted by Crippen LogP contribution is 2.24. The van der Waals surface area contributed by atoms with Crippen LogP contribution < -0.4 is 0 Å². The van der Waals surface area contributed by atoms with Gasteiger partial charge in [-0.1, -0.05) is 0 Å². The predicted molar refractivity (Wildman–Crippen MR) is 52.1 cm³/mol. The Morgan fingerprint density at radius 1 is 1.57 bits per heavy atom. The lowest BCUT2D eigenvalue weighted by Crippen LogP contribution is -2.20. The second-order valence-corrected chi connectivity index (χ2v) is 3.78. The molecule has 1 aliphatic carbocycles. The van der Waals surface area contributed by atoms with Gasteiger partial charge in [-0.05, 0) is 25.0 Å². The summed E-state index contributed by atoms with van der Waals surface area (Å²) in [5.74, 6) is -0.278. The van der Waals surface area contributed by atoms with E-state index in [2.05, 4.69) is 0 Å². The number of aromatic nitrogens is 1. The Bertz CT molecular complexity index is 378. The molecule has 2 rings (SSSR count). The first-order chi connectivity index (χ1) is 6.70. The van der Waals surface area contributed by atoms with E-state index in [1.165, 1.54) is 0 Å². The smallest absolute Gasteiger partial charge is 0.189 e. The first-order valence-electron chi connectivity index (χ1n) is 4.88. The van der Waals surface area contributed by atoms with Crippen molar-refractivity contribution in [1.29, 1.82) is 0 Å². The summed E-state index contributed by atoms with van der Waals surface area (Å²) in [6, 6.07) is 3.60. The monoisotopic (exact) mass is 191 g/mol. The number of aryl methyl sites for hydroxylation is 1. The summed E-state index contributed by atoms with van der Waals surface area (Å²) in [6.07, 6.45) is 3.98. The van der Waals surface area contributed by atoms with Gasteiger partial charge in [-0.2, -0.15) is 0 Å². The van der Waals surface area contributed by atoms with Crippen LogP contribution in [0.15, 0.2) is 18.3 Å². The molecule has 3 heteroatoms. The molecule has 0 bridgehead atoms. The summed E-state index contributed by atoms with van der Waals surface area (Å²) < 4.78 is 1.77. The van der Waals surface area contributed by atoms with E-state index in [4.69, 9.17) is 0 Å². The molecule has 1 aromatic heterocycles. The maximum absolute atomic E-state index is 11.9. The van der Waals surface area contributed by atoms with Crippen molar-refractivity contribution in [3.05, 3.63) is 24.0 Å². The van der Waals surface area contributed by atoms with Crippen molar-refractivity contribution < 1.29 is 9.59 Å². The number of carbonyl (C=O) groups excluding carboxylic acids is 2. The molecule has 0 radical (unpaired) electrons. The summed E-state index contributed by atoms with van der Waals surface area (Å²) in [6.45, 7) is 0. The second-order valence-electron chi connectivity index (χ2n) is 3.78. The Morgan fingerprint density at radius 2 is 2.36 bits per heavy atom. The minimum Gasteiger partial charge on any atom is -0.348 e.